The van der Waals surface area contributed by atoms with Crippen LogP contribution in [0.1, 0.15) is 26.7 Å². The van der Waals surface area contributed by atoms with E-state index < -0.39 is 25.2 Å². The summed E-state index contributed by atoms with van der Waals surface area (Å²) in [7, 11) is -5.97. The van der Waals surface area contributed by atoms with E-state index in [1.165, 1.54) is 0 Å². The van der Waals surface area contributed by atoms with Gasteiger partial charge in [0.25, 0.3) is 0 Å². The van der Waals surface area contributed by atoms with E-state index in [1.54, 1.807) is 0 Å². The molecule has 0 N–H and O–H groups in total. The smallest absolute Gasteiger partial charge is 0.311 e. The highest BCUT2D eigenvalue weighted by Crippen LogP contribution is 2.36. The molecule has 4 atom stereocenters. The van der Waals surface area contributed by atoms with Crippen LogP contribution in [0.4, 0.5) is 0 Å². The third-order valence-corrected chi connectivity index (χ3v) is 15.6. The summed E-state index contributed by atoms with van der Waals surface area (Å²) in [4.78, 5) is 0. The third kappa shape index (κ3) is 8.75. The predicted octanol–water partition coefficient (Wildman–Crippen LogP) is 4.43. The van der Waals surface area contributed by atoms with Crippen LogP contribution >= 0.6 is 0 Å². The van der Waals surface area contributed by atoms with E-state index in [-0.39, 0.29) is 24.8 Å². The molecule has 2 rings (SSSR count). The quantitative estimate of drug-likeness (QED) is 0.296. The first kappa shape index (κ1) is 23.7. The zero-order valence-electron chi connectivity index (χ0n) is 18.5. The van der Waals surface area contributed by atoms with Gasteiger partial charge in [-0.25, -0.2) is 0 Å². The van der Waals surface area contributed by atoms with E-state index >= 15 is 0 Å². The van der Waals surface area contributed by atoms with Gasteiger partial charge in [0, 0.05) is 13.2 Å². The Morgan fingerprint density at radius 2 is 1.04 bits per heavy atom. The fourth-order valence-electron chi connectivity index (χ4n) is 3.71. The molecule has 0 amide bonds. The number of ether oxygens (including phenoxy) is 4. The molecule has 0 aromatic heterocycles. The molecule has 0 aromatic carbocycles. The van der Waals surface area contributed by atoms with Crippen molar-refractivity contribution in [1.29, 1.82) is 0 Å². The lowest BCUT2D eigenvalue weighted by atomic mass is 10.5. The summed E-state index contributed by atoms with van der Waals surface area (Å²) in [6.45, 7) is 19.1. The SMILES string of the molecule is CCCOC1OC1C[Si](C)(C)O[Si](C)(C)O[Si](C)(C)CC1OC1OCCC. The molecule has 0 aromatic rings. The van der Waals surface area contributed by atoms with E-state index in [0.717, 1.165) is 38.1 Å². The molecular formula is C18H40O6Si3. The van der Waals surface area contributed by atoms with Crippen LogP contribution in [0.5, 0.6) is 0 Å². The highest BCUT2D eigenvalue weighted by atomic mass is 28.5. The number of hydrogen-bond donors (Lipinski definition) is 0. The van der Waals surface area contributed by atoms with Crippen molar-refractivity contribution in [2.45, 2.75) is 103 Å². The Kier molecular flexibility index (Phi) is 8.32. The molecule has 6 nitrogen and oxygen atoms in total. The molecule has 2 aliphatic heterocycles. The molecule has 2 heterocycles. The molecule has 4 unspecified atom stereocenters. The Morgan fingerprint density at radius 3 is 1.37 bits per heavy atom. The topological polar surface area (TPSA) is 62.0 Å². The first-order chi connectivity index (χ1) is 12.5. The Morgan fingerprint density at radius 1 is 0.667 bits per heavy atom. The molecule has 9 heteroatoms. The predicted molar refractivity (Wildman–Crippen MR) is 114 cm³/mol. The number of rotatable bonds is 14. The van der Waals surface area contributed by atoms with Crippen LogP contribution in [0.15, 0.2) is 0 Å². The van der Waals surface area contributed by atoms with E-state index in [2.05, 4.69) is 53.1 Å². The molecule has 0 spiro atoms. The molecule has 0 radical (unpaired) electrons. The van der Waals surface area contributed by atoms with Crippen LogP contribution in [0.2, 0.25) is 51.4 Å². The van der Waals surface area contributed by atoms with Gasteiger partial charge in [0.05, 0.1) is 0 Å². The largest absolute Gasteiger partial charge is 0.436 e. The molecule has 0 aliphatic carbocycles. The Hall–Kier alpha value is 0.411. The van der Waals surface area contributed by atoms with Crippen LogP contribution in [0.3, 0.4) is 0 Å². The first-order valence-corrected chi connectivity index (χ1v) is 19.5. The van der Waals surface area contributed by atoms with Gasteiger partial charge >= 0.3 is 8.56 Å². The third-order valence-electron chi connectivity index (χ3n) is 4.47. The Labute approximate surface area is 168 Å². The Bertz CT molecular complexity index is 434. The second kappa shape index (κ2) is 9.48. The van der Waals surface area contributed by atoms with Gasteiger partial charge in [-0.15, -0.1) is 0 Å². The number of hydrogen-bond acceptors (Lipinski definition) is 6. The maximum atomic E-state index is 6.64. The fraction of sp³-hybridized carbons (Fsp3) is 1.00. The lowest BCUT2D eigenvalue weighted by Crippen LogP contribution is -2.53. The van der Waals surface area contributed by atoms with Gasteiger partial charge in [-0.05, 0) is 64.2 Å². The van der Waals surface area contributed by atoms with Crippen LogP contribution in [-0.4, -0.2) is 63.2 Å². The molecule has 0 bridgehead atoms. The van der Waals surface area contributed by atoms with Gasteiger partial charge in [-0.1, -0.05) is 13.8 Å². The zero-order valence-corrected chi connectivity index (χ0v) is 21.5. The normalized spacial score (nSPS) is 28.4. The minimum atomic E-state index is -2.22. The zero-order chi connectivity index (χ0) is 20.3. The van der Waals surface area contributed by atoms with E-state index in [9.17, 15) is 0 Å². The van der Waals surface area contributed by atoms with E-state index in [4.69, 9.17) is 27.2 Å². The maximum absolute atomic E-state index is 6.64. The van der Waals surface area contributed by atoms with Gasteiger partial charge in [-0.3, -0.25) is 0 Å². The van der Waals surface area contributed by atoms with E-state index in [1.807, 2.05) is 0 Å². The van der Waals surface area contributed by atoms with Crippen LogP contribution in [-0.2, 0) is 27.2 Å². The monoisotopic (exact) mass is 436 g/mol. The summed E-state index contributed by atoms with van der Waals surface area (Å²) >= 11 is 0. The maximum Gasteiger partial charge on any atom is 0.311 e. The number of epoxide rings is 2. The molecule has 2 saturated heterocycles. The summed E-state index contributed by atoms with van der Waals surface area (Å²) < 4.78 is 35.9. The van der Waals surface area contributed by atoms with Gasteiger partial charge in [-0.2, -0.15) is 0 Å². The summed E-state index contributed by atoms with van der Waals surface area (Å²) in [5, 5.41) is 0. The highest BCUT2D eigenvalue weighted by Gasteiger charge is 2.49. The van der Waals surface area contributed by atoms with Crippen LogP contribution < -0.4 is 0 Å². The summed E-state index contributed by atoms with van der Waals surface area (Å²) in [6, 6.07) is 1.92. The standard InChI is InChI=1S/C18H40O6Si3/c1-9-11-19-17-15(21-17)13-25(3,4)23-27(7,8)24-26(5,6)14-16-18(22-16)20-12-10-2/h15-18H,9-14H2,1-8H3. The molecule has 2 aliphatic rings. The summed E-state index contributed by atoms with van der Waals surface area (Å²) in [6.07, 6.45) is 2.39. The average molecular weight is 437 g/mol. The van der Waals surface area contributed by atoms with Crippen molar-refractivity contribution in [3.05, 3.63) is 0 Å². The highest BCUT2D eigenvalue weighted by molar-refractivity contribution is 6.88. The van der Waals surface area contributed by atoms with Crippen molar-refractivity contribution >= 4 is 25.2 Å². The van der Waals surface area contributed by atoms with E-state index in [0.29, 0.717) is 0 Å². The van der Waals surface area contributed by atoms with Crippen molar-refractivity contribution in [3.8, 4) is 0 Å². The lowest BCUT2D eigenvalue weighted by molar-refractivity contribution is 0.0505. The first-order valence-electron chi connectivity index (χ1n) is 10.4. The van der Waals surface area contributed by atoms with Gasteiger partial charge in [0.15, 0.2) is 29.2 Å². The lowest BCUT2D eigenvalue weighted by Gasteiger charge is -2.38. The van der Waals surface area contributed by atoms with Crippen molar-refractivity contribution in [2.75, 3.05) is 13.2 Å². The minimum Gasteiger partial charge on any atom is -0.436 e. The van der Waals surface area contributed by atoms with Gasteiger partial charge < -0.3 is 27.2 Å². The molecule has 2 fully saturated rings. The second-order valence-electron chi connectivity index (χ2n) is 9.36. The van der Waals surface area contributed by atoms with Crippen molar-refractivity contribution in [1.82, 2.24) is 0 Å². The van der Waals surface area contributed by atoms with Crippen molar-refractivity contribution in [3.63, 3.8) is 0 Å². The molecule has 160 valence electrons. The summed E-state index contributed by atoms with van der Waals surface area (Å²) in [5.41, 5.74) is 0. The van der Waals surface area contributed by atoms with Gasteiger partial charge in [0.1, 0.15) is 12.2 Å². The van der Waals surface area contributed by atoms with Crippen LogP contribution in [0, 0.1) is 0 Å². The van der Waals surface area contributed by atoms with Crippen molar-refractivity contribution < 1.29 is 27.2 Å². The fourth-order valence-corrected chi connectivity index (χ4v) is 18.1. The minimum absolute atomic E-state index is 0.0242. The Balaban J connectivity index is 1.75. The second-order valence-corrected chi connectivity index (χ2v) is 21.6. The molecule has 0 saturated carbocycles. The van der Waals surface area contributed by atoms with Gasteiger partial charge in [0.2, 0.25) is 0 Å². The van der Waals surface area contributed by atoms with Crippen LogP contribution in [0.25, 0.3) is 0 Å². The van der Waals surface area contributed by atoms with Crippen molar-refractivity contribution in [2.24, 2.45) is 0 Å². The molecule has 27 heavy (non-hydrogen) atoms. The molecular weight excluding hydrogens is 396 g/mol. The summed E-state index contributed by atoms with van der Waals surface area (Å²) in [5.74, 6) is 0. The average Bonchev–Trinajstić information content (AvgIpc) is 3.38.